The Labute approximate surface area is 129 Å². The van der Waals surface area contributed by atoms with Gasteiger partial charge < -0.3 is 10.4 Å². The van der Waals surface area contributed by atoms with E-state index in [0.29, 0.717) is 5.69 Å². The molecular weight excluding hydrogens is 308 g/mol. The maximum absolute atomic E-state index is 12.3. The van der Waals surface area contributed by atoms with Crippen molar-refractivity contribution in [2.75, 3.05) is 11.6 Å². The highest BCUT2D eigenvalue weighted by molar-refractivity contribution is 7.88. The minimum absolute atomic E-state index is 0.0969. The van der Waals surface area contributed by atoms with Crippen molar-refractivity contribution in [3.8, 4) is 0 Å². The molecule has 122 valence electrons. The third kappa shape index (κ3) is 5.45. The lowest BCUT2D eigenvalue weighted by Crippen LogP contribution is -2.51. The van der Waals surface area contributed by atoms with E-state index in [4.69, 9.17) is 5.11 Å². The standard InChI is InChI=1S/C14H20N2O5S/c1-14(2,3)11(16-22(4,20)21)12(17)15-10-7-5-9(6-8-10)13(18)19/h5-8,11,16H,1-4H3,(H,15,17)(H,18,19). The van der Waals surface area contributed by atoms with Crippen LogP contribution in [0.3, 0.4) is 0 Å². The summed E-state index contributed by atoms with van der Waals surface area (Å²) in [6, 6.07) is 4.65. The van der Waals surface area contributed by atoms with Crippen molar-refractivity contribution in [3.63, 3.8) is 0 Å². The molecule has 22 heavy (non-hydrogen) atoms. The number of hydrogen-bond donors (Lipinski definition) is 3. The predicted molar refractivity (Wildman–Crippen MR) is 83.3 cm³/mol. The molecule has 3 N–H and O–H groups in total. The summed E-state index contributed by atoms with van der Waals surface area (Å²) < 4.78 is 25.1. The molecular formula is C14H20N2O5S. The summed E-state index contributed by atoms with van der Waals surface area (Å²) in [5.74, 6) is -1.58. The first-order valence-corrected chi connectivity index (χ1v) is 8.41. The molecule has 1 rings (SSSR count). The number of benzene rings is 1. The summed E-state index contributed by atoms with van der Waals surface area (Å²) in [7, 11) is -3.55. The monoisotopic (exact) mass is 328 g/mol. The van der Waals surface area contributed by atoms with Crippen LogP contribution >= 0.6 is 0 Å². The molecule has 0 aliphatic carbocycles. The number of amides is 1. The summed E-state index contributed by atoms with van der Waals surface area (Å²) in [6.07, 6.45) is 0.987. The number of sulfonamides is 1. The molecule has 0 saturated heterocycles. The first-order valence-electron chi connectivity index (χ1n) is 6.51. The largest absolute Gasteiger partial charge is 0.478 e. The fourth-order valence-corrected chi connectivity index (χ4v) is 2.64. The number of carbonyl (C=O) groups is 2. The van der Waals surface area contributed by atoms with E-state index in [1.807, 2.05) is 0 Å². The van der Waals surface area contributed by atoms with Gasteiger partial charge in [-0.1, -0.05) is 20.8 Å². The summed E-state index contributed by atoms with van der Waals surface area (Å²) in [5, 5.41) is 11.4. The molecule has 8 heteroatoms. The molecule has 7 nitrogen and oxygen atoms in total. The van der Waals surface area contributed by atoms with Crippen LogP contribution in [0.1, 0.15) is 31.1 Å². The van der Waals surface area contributed by atoms with E-state index >= 15 is 0 Å². The molecule has 1 unspecified atom stereocenters. The van der Waals surface area contributed by atoms with Crippen molar-refractivity contribution in [1.82, 2.24) is 4.72 Å². The molecule has 0 aromatic heterocycles. The molecule has 0 aliphatic heterocycles. The van der Waals surface area contributed by atoms with E-state index in [0.717, 1.165) is 6.26 Å². The predicted octanol–water partition coefficient (Wildman–Crippen LogP) is 1.29. The summed E-state index contributed by atoms with van der Waals surface area (Å²) in [4.78, 5) is 23.1. The zero-order valence-electron chi connectivity index (χ0n) is 12.9. The highest BCUT2D eigenvalue weighted by Gasteiger charge is 2.33. The van der Waals surface area contributed by atoms with Crippen LogP contribution in [0.15, 0.2) is 24.3 Å². The Kier molecular flexibility index (Phi) is 5.31. The Balaban J connectivity index is 2.94. The molecule has 1 amide bonds. The van der Waals surface area contributed by atoms with E-state index in [1.165, 1.54) is 24.3 Å². The SMILES string of the molecule is CC(C)(C)C(NS(C)(=O)=O)C(=O)Nc1ccc(C(=O)O)cc1. The van der Waals surface area contributed by atoms with Crippen molar-refractivity contribution in [1.29, 1.82) is 0 Å². The second kappa shape index (κ2) is 6.45. The van der Waals surface area contributed by atoms with Crippen molar-refractivity contribution in [2.45, 2.75) is 26.8 Å². The maximum atomic E-state index is 12.3. The molecule has 1 atom stereocenters. The summed E-state index contributed by atoms with van der Waals surface area (Å²) >= 11 is 0. The van der Waals surface area contributed by atoms with Crippen LogP contribution < -0.4 is 10.0 Å². The molecule has 0 spiro atoms. The summed E-state index contributed by atoms with van der Waals surface area (Å²) in [6.45, 7) is 5.22. The lowest BCUT2D eigenvalue weighted by molar-refractivity contribution is -0.119. The number of carboxylic acid groups (broad SMARTS) is 1. The normalized spacial score (nSPS) is 13.5. The first-order chi connectivity index (χ1) is 9.90. The number of carboxylic acids is 1. The fraction of sp³-hybridized carbons (Fsp3) is 0.429. The van der Waals surface area contributed by atoms with Crippen molar-refractivity contribution < 1.29 is 23.1 Å². The smallest absolute Gasteiger partial charge is 0.335 e. The van der Waals surface area contributed by atoms with Crippen molar-refractivity contribution in [3.05, 3.63) is 29.8 Å². The van der Waals surface area contributed by atoms with Gasteiger partial charge in [0.1, 0.15) is 6.04 Å². The minimum Gasteiger partial charge on any atom is -0.478 e. The number of nitrogens with one attached hydrogen (secondary N) is 2. The average molecular weight is 328 g/mol. The number of anilines is 1. The zero-order chi connectivity index (χ0) is 17.1. The minimum atomic E-state index is -3.55. The molecule has 1 aromatic carbocycles. The van der Waals surface area contributed by atoms with Crippen LogP contribution in [0, 0.1) is 5.41 Å². The molecule has 0 radical (unpaired) electrons. The molecule has 0 aliphatic rings. The van der Waals surface area contributed by atoms with Gasteiger partial charge in [0.25, 0.3) is 0 Å². The Morgan fingerprint density at radius 3 is 2.00 bits per heavy atom. The van der Waals surface area contributed by atoms with Crippen LogP contribution in [-0.4, -0.2) is 37.7 Å². The fourth-order valence-electron chi connectivity index (χ4n) is 1.75. The number of carbonyl (C=O) groups excluding carboxylic acids is 1. The van der Waals surface area contributed by atoms with Gasteiger partial charge in [0.05, 0.1) is 11.8 Å². The van der Waals surface area contributed by atoms with E-state index in [2.05, 4.69) is 10.0 Å². The average Bonchev–Trinajstić information content (AvgIpc) is 2.34. The van der Waals surface area contributed by atoms with E-state index in [-0.39, 0.29) is 5.56 Å². The van der Waals surface area contributed by atoms with Crippen LogP contribution in [0.5, 0.6) is 0 Å². The lowest BCUT2D eigenvalue weighted by atomic mass is 9.87. The van der Waals surface area contributed by atoms with Gasteiger partial charge in [-0.05, 0) is 29.7 Å². The van der Waals surface area contributed by atoms with E-state index in [9.17, 15) is 18.0 Å². The third-order valence-electron chi connectivity index (χ3n) is 2.86. The van der Waals surface area contributed by atoms with Gasteiger partial charge in [0.15, 0.2) is 0 Å². The highest BCUT2D eigenvalue weighted by atomic mass is 32.2. The molecule has 0 heterocycles. The van der Waals surface area contributed by atoms with Gasteiger partial charge in [-0.2, -0.15) is 0 Å². The molecule has 0 bridgehead atoms. The highest BCUT2D eigenvalue weighted by Crippen LogP contribution is 2.21. The Bertz CT molecular complexity index is 659. The van der Waals surface area contributed by atoms with Gasteiger partial charge in [-0.3, -0.25) is 4.79 Å². The molecule has 0 fully saturated rings. The second-order valence-electron chi connectivity index (χ2n) is 6.06. The lowest BCUT2D eigenvalue weighted by Gasteiger charge is -2.29. The number of aromatic carboxylic acids is 1. The van der Waals surface area contributed by atoms with Gasteiger partial charge >= 0.3 is 5.97 Å². The Morgan fingerprint density at radius 2 is 1.64 bits per heavy atom. The summed E-state index contributed by atoms with van der Waals surface area (Å²) in [5.41, 5.74) is -0.145. The topological polar surface area (TPSA) is 113 Å². The van der Waals surface area contributed by atoms with Gasteiger partial charge in [-0.25, -0.2) is 17.9 Å². The second-order valence-corrected chi connectivity index (χ2v) is 7.84. The third-order valence-corrected chi connectivity index (χ3v) is 3.52. The van der Waals surface area contributed by atoms with E-state index in [1.54, 1.807) is 20.8 Å². The Morgan fingerprint density at radius 1 is 1.14 bits per heavy atom. The van der Waals surface area contributed by atoms with Gasteiger partial charge in [0.2, 0.25) is 15.9 Å². The van der Waals surface area contributed by atoms with Crippen LogP contribution in [0.2, 0.25) is 0 Å². The van der Waals surface area contributed by atoms with Crippen molar-refractivity contribution >= 4 is 27.6 Å². The molecule has 1 aromatic rings. The maximum Gasteiger partial charge on any atom is 0.335 e. The van der Waals surface area contributed by atoms with Gasteiger partial charge in [-0.15, -0.1) is 0 Å². The quantitative estimate of drug-likeness (QED) is 0.754. The number of hydrogen-bond acceptors (Lipinski definition) is 4. The number of rotatable bonds is 5. The van der Waals surface area contributed by atoms with Crippen molar-refractivity contribution in [2.24, 2.45) is 5.41 Å². The molecule has 0 saturated carbocycles. The van der Waals surface area contributed by atoms with Crippen LogP contribution in [0.4, 0.5) is 5.69 Å². The van der Waals surface area contributed by atoms with Crippen LogP contribution in [0.25, 0.3) is 0 Å². The zero-order valence-corrected chi connectivity index (χ0v) is 13.7. The van der Waals surface area contributed by atoms with E-state index < -0.39 is 33.4 Å². The first kappa shape index (κ1) is 18.1. The van der Waals surface area contributed by atoms with Gasteiger partial charge in [0, 0.05) is 5.69 Å². The van der Waals surface area contributed by atoms with Crippen LogP contribution in [-0.2, 0) is 14.8 Å². The Hall–Kier alpha value is -1.93.